The van der Waals surface area contributed by atoms with Crippen molar-refractivity contribution < 1.29 is 0 Å². The van der Waals surface area contributed by atoms with Gasteiger partial charge in [0, 0.05) is 6.54 Å². The molecule has 0 amide bonds. The van der Waals surface area contributed by atoms with Gasteiger partial charge in [0.2, 0.25) is 0 Å². The van der Waals surface area contributed by atoms with Crippen LogP contribution in [-0.4, -0.2) is 13.6 Å². The molecular formula is C13H19N. The maximum Gasteiger partial charge on any atom is 0.0208 e. The van der Waals surface area contributed by atoms with Gasteiger partial charge in [0.05, 0.1) is 0 Å². The molecule has 0 rings (SSSR count). The molecule has 0 spiro atoms. The normalized spacial score (nSPS) is 12.4. The molecule has 0 atom stereocenters. The van der Waals surface area contributed by atoms with Crippen molar-refractivity contribution in [2.45, 2.75) is 6.92 Å². The molecule has 0 fully saturated rings. The van der Waals surface area contributed by atoms with E-state index in [0.29, 0.717) is 0 Å². The fourth-order valence-electron chi connectivity index (χ4n) is 1.16. The van der Waals surface area contributed by atoms with Gasteiger partial charge in [-0.05, 0) is 30.7 Å². The Balaban J connectivity index is 5.17. The second-order valence-electron chi connectivity index (χ2n) is 2.90. The molecule has 1 nitrogen and oxygen atoms in total. The standard InChI is InChI=1S/C13H19N/c1-6-9-13(11(4)7-2)12(8-3)10-14-5/h6-9,14H,2-4,10H2,1,5H3/b9-6-,13-12+. The van der Waals surface area contributed by atoms with Crippen LogP contribution in [0.2, 0.25) is 0 Å². The topological polar surface area (TPSA) is 12.0 Å². The highest BCUT2D eigenvalue weighted by molar-refractivity contribution is 5.50. The number of hydrogen-bond donors (Lipinski definition) is 1. The van der Waals surface area contributed by atoms with Gasteiger partial charge in [-0.25, -0.2) is 0 Å². The Bertz CT molecular complexity index is 280. The van der Waals surface area contributed by atoms with Gasteiger partial charge >= 0.3 is 0 Å². The lowest BCUT2D eigenvalue weighted by Crippen LogP contribution is -2.11. The lowest BCUT2D eigenvalue weighted by atomic mass is 10.0. The molecule has 0 saturated carbocycles. The first-order valence-corrected chi connectivity index (χ1v) is 4.65. The summed E-state index contributed by atoms with van der Waals surface area (Å²) in [6.45, 7) is 14.2. The zero-order valence-electron chi connectivity index (χ0n) is 9.14. The fourth-order valence-corrected chi connectivity index (χ4v) is 1.16. The number of rotatable bonds is 6. The summed E-state index contributed by atoms with van der Waals surface area (Å²) in [5.74, 6) is 0. The van der Waals surface area contributed by atoms with Gasteiger partial charge in [-0.3, -0.25) is 0 Å². The third-order valence-electron chi connectivity index (χ3n) is 1.89. The minimum absolute atomic E-state index is 0.788. The summed E-state index contributed by atoms with van der Waals surface area (Å²) in [6.07, 6.45) is 7.62. The lowest BCUT2D eigenvalue weighted by molar-refractivity contribution is 0.891. The first kappa shape index (κ1) is 12.7. The van der Waals surface area contributed by atoms with E-state index in [1.807, 2.05) is 32.2 Å². The first-order chi connectivity index (χ1) is 6.71. The number of allylic oxidation sites excluding steroid dienone is 5. The smallest absolute Gasteiger partial charge is 0.0208 e. The predicted octanol–water partition coefficient (Wildman–Crippen LogP) is 3.01. The van der Waals surface area contributed by atoms with Crippen LogP contribution in [0.3, 0.4) is 0 Å². The second-order valence-corrected chi connectivity index (χ2v) is 2.90. The SMILES string of the molecule is C=CC(=C)C(/C=C\C)=C(\C=C)CNC. The summed E-state index contributed by atoms with van der Waals surface area (Å²) < 4.78 is 0. The molecule has 0 aromatic carbocycles. The molecule has 0 heterocycles. The van der Waals surface area contributed by atoms with Crippen molar-refractivity contribution in [2.75, 3.05) is 13.6 Å². The molecule has 14 heavy (non-hydrogen) atoms. The van der Waals surface area contributed by atoms with Crippen LogP contribution in [0, 0.1) is 0 Å². The zero-order valence-corrected chi connectivity index (χ0v) is 9.14. The Morgan fingerprint density at radius 3 is 2.29 bits per heavy atom. The molecule has 0 bridgehead atoms. The predicted molar refractivity (Wildman–Crippen MR) is 65.3 cm³/mol. The molecule has 1 N–H and O–H groups in total. The molecule has 76 valence electrons. The third kappa shape index (κ3) is 3.58. The van der Waals surface area contributed by atoms with E-state index in [1.54, 1.807) is 6.08 Å². The van der Waals surface area contributed by atoms with Gasteiger partial charge in [0.15, 0.2) is 0 Å². The summed E-state index contributed by atoms with van der Waals surface area (Å²) in [6, 6.07) is 0. The van der Waals surface area contributed by atoms with Crippen molar-refractivity contribution in [3.05, 3.63) is 60.8 Å². The zero-order chi connectivity index (χ0) is 11.0. The quantitative estimate of drug-likeness (QED) is 0.633. The summed E-state index contributed by atoms with van der Waals surface area (Å²) in [4.78, 5) is 0. The summed E-state index contributed by atoms with van der Waals surface area (Å²) in [5, 5.41) is 3.10. The van der Waals surface area contributed by atoms with Gasteiger partial charge in [0.1, 0.15) is 0 Å². The van der Waals surface area contributed by atoms with E-state index in [9.17, 15) is 0 Å². The lowest BCUT2D eigenvalue weighted by Gasteiger charge is -2.08. The number of likely N-dealkylation sites (N-methyl/N-ethyl adjacent to an activating group) is 1. The summed E-state index contributed by atoms with van der Waals surface area (Å²) >= 11 is 0. The van der Waals surface area contributed by atoms with Crippen LogP contribution in [0.1, 0.15) is 6.92 Å². The van der Waals surface area contributed by atoms with Crippen molar-refractivity contribution in [3.63, 3.8) is 0 Å². The van der Waals surface area contributed by atoms with Gasteiger partial charge in [-0.2, -0.15) is 0 Å². The molecule has 0 aromatic heterocycles. The van der Waals surface area contributed by atoms with E-state index in [2.05, 4.69) is 25.1 Å². The van der Waals surface area contributed by atoms with Gasteiger partial charge in [-0.15, -0.1) is 0 Å². The highest BCUT2D eigenvalue weighted by Crippen LogP contribution is 2.16. The Hall–Kier alpha value is -1.34. The first-order valence-electron chi connectivity index (χ1n) is 4.65. The van der Waals surface area contributed by atoms with E-state index in [0.717, 1.165) is 23.3 Å². The molecule has 0 aliphatic carbocycles. The minimum Gasteiger partial charge on any atom is -0.316 e. The second kappa shape index (κ2) is 7.10. The van der Waals surface area contributed by atoms with Gasteiger partial charge in [-0.1, -0.05) is 44.0 Å². The van der Waals surface area contributed by atoms with Crippen LogP contribution >= 0.6 is 0 Å². The molecular weight excluding hydrogens is 170 g/mol. The maximum absolute atomic E-state index is 3.94. The molecule has 0 saturated heterocycles. The molecule has 1 heteroatoms. The average molecular weight is 189 g/mol. The molecule has 0 aromatic rings. The van der Waals surface area contributed by atoms with Gasteiger partial charge < -0.3 is 5.32 Å². The van der Waals surface area contributed by atoms with Crippen molar-refractivity contribution >= 4 is 0 Å². The van der Waals surface area contributed by atoms with Crippen LogP contribution in [0.4, 0.5) is 0 Å². The van der Waals surface area contributed by atoms with E-state index in [-0.39, 0.29) is 0 Å². The van der Waals surface area contributed by atoms with Crippen molar-refractivity contribution in [1.82, 2.24) is 5.32 Å². The molecule has 0 unspecified atom stereocenters. The monoisotopic (exact) mass is 189 g/mol. The van der Waals surface area contributed by atoms with E-state index in [1.165, 1.54) is 0 Å². The number of hydrogen-bond acceptors (Lipinski definition) is 1. The van der Waals surface area contributed by atoms with Crippen LogP contribution in [-0.2, 0) is 0 Å². The third-order valence-corrected chi connectivity index (χ3v) is 1.89. The van der Waals surface area contributed by atoms with E-state index >= 15 is 0 Å². The van der Waals surface area contributed by atoms with E-state index in [4.69, 9.17) is 0 Å². The van der Waals surface area contributed by atoms with Crippen molar-refractivity contribution in [2.24, 2.45) is 0 Å². The number of nitrogens with one attached hydrogen (secondary N) is 1. The highest BCUT2D eigenvalue weighted by atomic mass is 14.8. The molecule has 0 aliphatic rings. The van der Waals surface area contributed by atoms with Crippen molar-refractivity contribution in [1.29, 1.82) is 0 Å². The summed E-state index contributed by atoms with van der Waals surface area (Å²) in [5.41, 5.74) is 3.15. The van der Waals surface area contributed by atoms with E-state index < -0.39 is 0 Å². The minimum atomic E-state index is 0.788. The highest BCUT2D eigenvalue weighted by Gasteiger charge is 2.01. The van der Waals surface area contributed by atoms with Crippen LogP contribution < -0.4 is 5.32 Å². The fraction of sp³-hybridized carbons (Fsp3) is 0.231. The van der Waals surface area contributed by atoms with Crippen LogP contribution in [0.15, 0.2) is 60.8 Å². The Morgan fingerprint density at radius 1 is 1.29 bits per heavy atom. The molecule has 0 aliphatic heterocycles. The summed E-state index contributed by atoms with van der Waals surface area (Å²) in [7, 11) is 1.91. The van der Waals surface area contributed by atoms with Crippen LogP contribution in [0.25, 0.3) is 0 Å². The van der Waals surface area contributed by atoms with Gasteiger partial charge in [0.25, 0.3) is 0 Å². The Morgan fingerprint density at radius 2 is 1.93 bits per heavy atom. The Labute approximate surface area is 87.2 Å². The largest absolute Gasteiger partial charge is 0.316 e. The average Bonchev–Trinajstić information content (AvgIpc) is 2.22. The molecule has 0 radical (unpaired) electrons. The van der Waals surface area contributed by atoms with Crippen LogP contribution in [0.5, 0.6) is 0 Å². The Kier molecular flexibility index (Phi) is 6.42. The maximum atomic E-state index is 3.94. The van der Waals surface area contributed by atoms with Crippen molar-refractivity contribution in [3.8, 4) is 0 Å².